The van der Waals surface area contributed by atoms with E-state index in [2.05, 4.69) is 47.5 Å². The summed E-state index contributed by atoms with van der Waals surface area (Å²) >= 11 is 0. The van der Waals surface area contributed by atoms with Crippen molar-refractivity contribution in [2.75, 3.05) is 13.1 Å². The van der Waals surface area contributed by atoms with E-state index in [1.807, 2.05) is 52.0 Å². The lowest BCUT2D eigenvalue weighted by atomic mass is 9.99. The van der Waals surface area contributed by atoms with Crippen LogP contribution in [0.2, 0.25) is 0 Å². The number of hydrogen-bond donors (Lipinski definition) is 12. The molecule has 1 aliphatic rings. The number of hydrogen-bond acceptors (Lipinski definition) is 12. The van der Waals surface area contributed by atoms with Gasteiger partial charge < -0.3 is 68.4 Å². The predicted octanol–water partition coefficient (Wildman–Crippen LogP) is -0.552. The average Bonchev–Trinajstić information content (AvgIpc) is 3.97. The van der Waals surface area contributed by atoms with Gasteiger partial charge in [-0.15, -0.1) is 0 Å². The molecule has 0 aliphatic carbocycles. The minimum absolute atomic E-state index is 0.0188. The molecule has 1 aromatic heterocycles. The van der Waals surface area contributed by atoms with Gasteiger partial charge in [0.05, 0.1) is 18.7 Å². The summed E-state index contributed by atoms with van der Waals surface area (Å²) in [5, 5.41) is 40.2. The third-order valence-electron chi connectivity index (χ3n) is 12.4. The Kier molecular flexibility index (Phi) is 23.3. The van der Waals surface area contributed by atoms with Gasteiger partial charge in [0.1, 0.15) is 42.3 Å². The number of nitrogens with two attached hydrogens (primary N) is 1. The number of aliphatic hydroxyl groups is 1. The number of para-hydroxylation sites is 1. The lowest BCUT2D eigenvalue weighted by Gasteiger charge is -2.31. The number of carbonyl (C=O) groups excluding carboxylic acids is 9. The number of H-pyrrole nitrogens is 1. The molecule has 1 aromatic carbocycles. The van der Waals surface area contributed by atoms with Crippen molar-refractivity contribution in [1.29, 1.82) is 0 Å². The maximum atomic E-state index is 14.3. The van der Waals surface area contributed by atoms with Crippen molar-refractivity contribution < 1.29 is 58.2 Å². The van der Waals surface area contributed by atoms with Crippen molar-refractivity contribution in [3.05, 3.63) is 36.0 Å². The van der Waals surface area contributed by atoms with Crippen LogP contribution in [0.15, 0.2) is 30.5 Å². The fraction of sp³-hybridized carbons (Fsp3) is 0.640. The second-order valence-electron chi connectivity index (χ2n) is 20.5. The van der Waals surface area contributed by atoms with Gasteiger partial charge in [0.15, 0.2) is 6.04 Å². The number of carbonyl (C=O) groups is 10. The Balaban J connectivity index is 1.61. The fourth-order valence-electron chi connectivity index (χ4n) is 8.34. The van der Waals surface area contributed by atoms with E-state index < -0.39 is 138 Å². The second-order valence-corrected chi connectivity index (χ2v) is 20.5. The highest BCUT2D eigenvalue weighted by atomic mass is 16.4. The maximum absolute atomic E-state index is 14.3. The van der Waals surface area contributed by atoms with Gasteiger partial charge in [-0.05, 0) is 88.2 Å². The minimum atomic E-state index is -1.61. The van der Waals surface area contributed by atoms with Crippen LogP contribution in [-0.4, -0.2) is 153 Å². The number of amides is 9. The zero-order valence-corrected chi connectivity index (χ0v) is 43.9. The number of aromatic nitrogens is 1. The van der Waals surface area contributed by atoms with Crippen molar-refractivity contribution in [2.24, 2.45) is 29.4 Å². The molecule has 23 nitrogen and oxygen atoms in total. The number of nitrogens with one attached hydrogen (secondary N) is 9. The molecule has 9 amide bonds. The third kappa shape index (κ3) is 18.1. The summed E-state index contributed by atoms with van der Waals surface area (Å²) in [4.78, 5) is 137. The van der Waals surface area contributed by atoms with E-state index in [-0.39, 0.29) is 44.1 Å². The van der Waals surface area contributed by atoms with E-state index >= 15 is 0 Å². The highest BCUT2D eigenvalue weighted by Gasteiger charge is 2.40. The van der Waals surface area contributed by atoms with Crippen LogP contribution in [0.25, 0.3) is 10.9 Å². The maximum Gasteiger partial charge on any atom is 0.328 e. The zero-order valence-electron chi connectivity index (χ0n) is 43.9. The molecule has 73 heavy (non-hydrogen) atoms. The Morgan fingerprint density at radius 1 is 0.658 bits per heavy atom. The molecule has 0 unspecified atom stereocenters. The van der Waals surface area contributed by atoms with Gasteiger partial charge in [-0.2, -0.15) is 0 Å². The molecule has 1 fully saturated rings. The van der Waals surface area contributed by atoms with Crippen LogP contribution in [0.5, 0.6) is 0 Å². The summed E-state index contributed by atoms with van der Waals surface area (Å²) in [6.07, 6.45) is 1.84. The molecule has 0 spiro atoms. The highest BCUT2D eigenvalue weighted by Crippen LogP contribution is 2.22. The molecule has 13 N–H and O–H groups in total. The first-order valence-electron chi connectivity index (χ1n) is 25.0. The molecule has 1 aliphatic heterocycles. The summed E-state index contributed by atoms with van der Waals surface area (Å²) < 4.78 is 0. The van der Waals surface area contributed by atoms with Crippen LogP contribution in [0, 0.1) is 23.7 Å². The van der Waals surface area contributed by atoms with Crippen molar-refractivity contribution in [3.8, 4) is 0 Å². The number of carboxylic acid groups (broad SMARTS) is 1. The van der Waals surface area contributed by atoms with Crippen LogP contribution in [0.1, 0.15) is 107 Å². The molecule has 1 saturated heterocycles. The first-order valence-corrected chi connectivity index (χ1v) is 25.0. The van der Waals surface area contributed by atoms with Gasteiger partial charge in [-0.1, -0.05) is 73.6 Å². The number of rotatable bonds is 27. The number of carboxylic acids is 1. The lowest BCUT2D eigenvalue weighted by Crippen LogP contribution is -2.60. The summed E-state index contributed by atoms with van der Waals surface area (Å²) in [7, 11) is 0. The molecule has 0 saturated carbocycles. The highest BCUT2D eigenvalue weighted by molar-refractivity contribution is 5.98. The lowest BCUT2D eigenvalue weighted by molar-refractivity contribution is -0.144. The molecule has 10 atom stereocenters. The van der Waals surface area contributed by atoms with Crippen molar-refractivity contribution in [3.63, 3.8) is 0 Å². The summed E-state index contributed by atoms with van der Waals surface area (Å²) in [5.41, 5.74) is 8.12. The van der Waals surface area contributed by atoms with Gasteiger partial charge in [0.2, 0.25) is 53.2 Å². The quantitative estimate of drug-likeness (QED) is 0.0535. The summed E-state index contributed by atoms with van der Waals surface area (Å²) in [6, 6.07) is -2.78. The topological polar surface area (TPSA) is 352 Å². The van der Waals surface area contributed by atoms with E-state index in [0.29, 0.717) is 6.42 Å². The Morgan fingerprint density at radius 3 is 1.79 bits per heavy atom. The van der Waals surface area contributed by atoms with Gasteiger partial charge in [0.25, 0.3) is 0 Å². The smallest absolute Gasteiger partial charge is 0.328 e. The van der Waals surface area contributed by atoms with Crippen molar-refractivity contribution >= 4 is 70.0 Å². The molecule has 406 valence electrons. The molecule has 2 heterocycles. The van der Waals surface area contributed by atoms with Crippen LogP contribution >= 0.6 is 0 Å². The van der Waals surface area contributed by atoms with E-state index in [4.69, 9.17) is 5.73 Å². The summed E-state index contributed by atoms with van der Waals surface area (Å²) in [6.45, 7) is 17.6. The van der Waals surface area contributed by atoms with Gasteiger partial charge in [0, 0.05) is 23.6 Å². The number of aromatic amines is 1. The standard InChI is InChI=1S/C50H79N11O12/c1-24(2)19-35(56-44(66)33(51)21-31-22-52-34-16-13-12-15-32(31)34)45(67)57-36(20-25(3)4)49(71)61-18-14-17-37(61)46(68)55-28(9)42(64)54-29(10)43(65)59-40(27(7)8)48(70)60-39(26(5)6)47(69)53-23-38(63)58-41(30(11)62)50(72)73/h12-13,15-16,22,24-30,33,35-37,39-41,52,62H,14,17-21,23,51H2,1-11H3,(H,53,69)(H,54,64)(H,55,68)(H,56,66)(H,57,67)(H,58,63)(H,59,65)(H,60,70)(H,72,73)/t28-,29-,30+,33-,35-,36-,37-,39-,40-,41-/m0/s1. The molecule has 0 radical (unpaired) electrons. The summed E-state index contributed by atoms with van der Waals surface area (Å²) in [5.74, 6) is -8.71. The van der Waals surface area contributed by atoms with Crippen LogP contribution < -0.4 is 48.3 Å². The molecular weight excluding hydrogens is 947 g/mol. The van der Waals surface area contributed by atoms with E-state index in [0.717, 1.165) is 16.5 Å². The Bertz CT molecular complexity index is 2280. The zero-order chi connectivity index (χ0) is 55.0. The number of fused-ring (bicyclic) bond motifs is 1. The monoisotopic (exact) mass is 1030 g/mol. The largest absolute Gasteiger partial charge is 0.480 e. The van der Waals surface area contributed by atoms with Gasteiger partial charge >= 0.3 is 5.97 Å². The van der Waals surface area contributed by atoms with Crippen LogP contribution in [-0.2, 0) is 54.4 Å². The molecule has 0 bridgehead atoms. The third-order valence-corrected chi connectivity index (χ3v) is 12.4. The SMILES string of the molecule is CC(C)C[C@H](NC(=O)[C@@H](N)Cc1c[nH]c2ccccc12)C(=O)N[C@@H](CC(C)C)C(=O)N1CCC[C@H]1C(=O)N[C@@H](C)C(=O)N[C@@H](C)C(=O)N[C@H](C(=O)N[C@H](C(=O)NCC(=O)N[C@H](C(=O)O)[C@@H](C)O)C(C)C)C(C)C. The first kappa shape index (κ1) is 60.7. The van der Waals surface area contributed by atoms with Gasteiger partial charge in [-0.3, -0.25) is 43.2 Å². The Morgan fingerprint density at radius 2 is 1.21 bits per heavy atom. The van der Waals surface area contributed by atoms with Crippen LogP contribution in [0.3, 0.4) is 0 Å². The minimum Gasteiger partial charge on any atom is -0.480 e. The predicted molar refractivity (Wildman–Crippen MR) is 270 cm³/mol. The number of aliphatic carboxylic acids is 1. The van der Waals surface area contributed by atoms with Crippen molar-refractivity contribution in [2.45, 2.75) is 169 Å². The molecule has 3 rings (SSSR count). The van der Waals surface area contributed by atoms with Crippen molar-refractivity contribution in [1.82, 2.24) is 52.4 Å². The second kappa shape index (κ2) is 28.0. The number of likely N-dealkylation sites (tertiary alicyclic amines) is 1. The van der Waals surface area contributed by atoms with E-state index in [1.54, 1.807) is 33.9 Å². The van der Waals surface area contributed by atoms with Gasteiger partial charge in [-0.25, -0.2) is 4.79 Å². The Labute approximate surface area is 426 Å². The van der Waals surface area contributed by atoms with E-state index in [9.17, 15) is 58.2 Å². The number of benzene rings is 1. The molecule has 2 aromatic rings. The van der Waals surface area contributed by atoms with E-state index in [1.165, 1.54) is 25.7 Å². The Hall–Kier alpha value is -6.62. The molecular formula is C50H79N11O12. The normalized spacial score (nSPS) is 17.3. The van der Waals surface area contributed by atoms with Crippen LogP contribution in [0.4, 0.5) is 0 Å². The number of nitrogens with zero attached hydrogens (tertiary/aromatic N) is 1. The number of aliphatic hydroxyl groups excluding tert-OH is 1. The average molecular weight is 1030 g/mol. The first-order chi connectivity index (χ1) is 34.1. The molecule has 23 heteroatoms. The fourth-order valence-corrected chi connectivity index (χ4v) is 8.34.